The van der Waals surface area contributed by atoms with Crippen LogP contribution in [0, 0.1) is 4.77 Å². The average molecular weight is 436 g/mol. The van der Waals surface area contributed by atoms with Crippen molar-refractivity contribution in [1.29, 1.82) is 0 Å². The van der Waals surface area contributed by atoms with Crippen LogP contribution < -0.4 is 10.1 Å². The minimum atomic E-state index is -0.197. The molecule has 0 aliphatic carbocycles. The second-order valence-corrected chi connectivity index (χ2v) is 7.04. The number of methoxy groups -OCH3 is 1. The molecular weight excluding hydrogens is 406 g/mol. The lowest BCUT2D eigenvalue weighted by atomic mass is 10.2. The second-order valence-electron chi connectivity index (χ2n) is 6.66. The van der Waals surface area contributed by atoms with E-state index in [1.165, 1.54) is 4.90 Å². The molecule has 0 aliphatic heterocycles. The number of hydrogen-bond acceptors (Lipinski definition) is 6. The van der Waals surface area contributed by atoms with Crippen molar-refractivity contribution in [3.05, 3.63) is 29.0 Å². The highest BCUT2D eigenvalue weighted by Crippen LogP contribution is 2.21. The maximum absolute atomic E-state index is 12.5. The fourth-order valence-corrected chi connectivity index (χ4v) is 3.04. The fourth-order valence-electron chi connectivity index (χ4n) is 2.81. The van der Waals surface area contributed by atoms with Crippen LogP contribution in [0.1, 0.15) is 19.8 Å². The summed E-state index contributed by atoms with van der Waals surface area (Å²) in [6.45, 7) is 3.99. The monoisotopic (exact) mass is 435 g/mol. The predicted octanol–water partition coefficient (Wildman–Crippen LogP) is 2.01. The van der Waals surface area contributed by atoms with E-state index in [9.17, 15) is 9.59 Å². The third-order valence-corrected chi connectivity index (χ3v) is 4.70. The molecule has 0 atom stereocenters. The molecule has 0 unspecified atom stereocenters. The van der Waals surface area contributed by atoms with Crippen molar-refractivity contribution >= 4 is 24.0 Å². The Labute approximate surface area is 181 Å². The standard InChI is InChI=1S/C20H29N5O4S/c1-4-29-16-8-6-15(7-9-16)19-22-23-20(30)25(19)12-10-18(27)24(2)14-17(26)21-11-5-13-28-3/h6-9H,4-5,10-14H2,1-3H3,(H,21,26)(H,23,30). The smallest absolute Gasteiger partial charge is 0.239 e. The number of aromatic amines is 1. The fraction of sp³-hybridized carbons (Fsp3) is 0.500. The zero-order valence-corrected chi connectivity index (χ0v) is 18.5. The SMILES string of the molecule is CCOc1ccc(-c2n[nH]c(=S)n2CCC(=O)N(C)CC(=O)NCCCOC)cc1. The maximum atomic E-state index is 12.5. The number of hydrogen-bond donors (Lipinski definition) is 2. The molecule has 9 nitrogen and oxygen atoms in total. The Morgan fingerprint density at radius 1 is 1.30 bits per heavy atom. The summed E-state index contributed by atoms with van der Waals surface area (Å²) in [6.07, 6.45) is 0.929. The van der Waals surface area contributed by atoms with Gasteiger partial charge in [0.1, 0.15) is 5.75 Å². The molecule has 10 heteroatoms. The van der Waals surface area contributed by atoms with Crippen LogP contribution >= 0.6 is 12.2 Å². The molecule has 164 valence electrons. The average Bonchev–Trinajstić information content (AvgIpc) is 3.10. The summed E-state index contributed by atoms with van der Waals surface area (Å²) in [4.78, 5) is 25.8. The predicted molar refractivity (Wildman–Crippen MR) is 116 cm³/mol. The van der Waals surface area contributed by atoms with Gasteiger partial charge in [-0.05, 0) is 49.8 Å². The van der Waals surface area contributed by atoms with E-state index in [-0.39, 0.29) is 24.8 Å². The highest BCUT2D eigenvalue weighted by molar-refractivity contribution is 7.71. The molecule has 2 N–H and O–H groups in total. The van der Waals surface area contributed by atoms with Crippen LogP contribution in [0.2, 0.25) is 0 Å². The van der Waals surface area contributed by atoms with E-state index in [1.54, 1.807) is 18.7 Å². The van der Waals surface area contributed by atoms with Crippen LogP contribution in [0.25, 0.3) is 11.4 Å². The molecule has 0 fully saturated rings. The van der Waals surface area contributed by atoms with Gasteiger partial charge in [0.2, 0.25) is 11.8 Å². The van der Waals surface area contributed by atoms with Crippen LogP contribution in [0.15, 0.2) is 24.3 Å². The van der Waals surface area contributed by atoms with Crippen molar-refractivity contribution in [3.63, 3.8) is 0 Å². The number of rotatable bonds is 12. The Hall–Kier alpha value is -2.72. The largest absolute Gasteiger partial charge is 0.494 e. The molecular formula is C20H29N5O4S. The lowest BCUT2D eigenvalue weighted by molar-refractivity contribution is -0.134. The quantitative estimate of drug-likeness (QED) is 0.391. The Balaban J connectivity index is 1.92. The van der Waals surface area contributed by atoms with E-state index in [2.05, 4.69) is 15.5 Å². The topological polar surface area (TPSA) is 101 Å². The van der Waals surface area contributed by atoms with Crippen LogP contribution in [-0.2, 0) is 20.9 Å². The van der Waals surface area contributed by atoms with Gasteiger partial charge in [0, 0.05) is 45.8 Å². The van der Waals surface area contributed by atoms with E-state index in [0.717, 1.165) is 17.7 Å². The summed E-state index contributed by atoms with van der Waals surface area (Å²) >= 11 is 5.32. The number of ether oxygens (including phenoxy) is 2. The number of carbonyl (C=O) groups excluding carboxylic acids is 2. The van der Waals surface area contributed by atoms with Crippen LogP contribution in [-0.4, -0.2) is 71.9 Å². The van der Waals surface area contributed by atoms with Crippen molar-refractivity contribution < 1.29 is 19.1 Å². The summed E-state index contributed by atoms with van der Waals surface area (Å²) in [5, 5.41) is 9.83. The van der Waals surface area contributed by atoms with E-state index in [4.69, 9.17) is 21.7 Å². The van der Waals surface area contributed by atoms with Gasteiger partial charge >= 0.3 is 0 Å². The van der Waals surface area contributed by atoms with Crippen molar-refractivity contribution in [2.24, 2.45) is 0 Å². The number of likely N-dealkylation sites (N-methyl/N-ethyl adjacent to an activating group) is 1. The number of H-pyrrole nitrogens is 1. The van der Waals surface area contributed by atoms with Gasteiger partial charge in [0.25, 0.3) is 0 Å². The van der Waals surface area contributed by atoms with Crippen LogP contribution in [0.4, 0.5) is 0 Å². The van der Waals surface area contributed by atoms with Gasteiger partial charge in [-0.1, -0.05) is 0 Å². The van der Waals surface area contributed by atoms with Gasteiger partial charge in [-0.2, -0.15) is 5.10 Å². The molecule has 1 heterocycles. The lowest BCUT2D eigenvalue weighted by Gasteiger charge is -2.17. The minimum absolute atomic E-state index is 0.00828. The van der Waals surface area contributed by atoms with Crippen molar-refractivity contribution in [3.8, 4) is 17.1 Å². The third-order valence-electron chi connectivity index (χ3n) is 4.39. The van der Waals surface area contributed by atoms with Gasteiger partial charge in [-0.3, -0.25) is 19.3 Å². The molecule has 2 rings (SSSR count). The van der Waals surface area contributed by atoms with E-state index >= 15 is 0 Å². The molecule has 2 amide bonds. The number of amides is 2. The molecule has 0 saturated carbocycles. The summed E-state index contributed by atoms with van der Waals surface area (Å²) in [6, 6.07) is 7.53. The Morgan fingerprint density at radius 3 is 2.70 bits per heavy atom. The summed E-state index contributed by atoms with van der Waals surface area (Å²) < 4.78 is 12.6. The van der Waals surface area contributed by atoms with Gasteiger partial charge in [0.05, 0.1) is 13.2 Å². The molecule has 1 aromatic carbocycles. The minimum Gasteiger partial charge on any atom is -0.494 e. The van der Waals surface area contributed by atoms with Crippen molar-refractivity contribution in [1.82, 2.24) is 25.0 Å². The second kappa shape index (κ2) is 12.1. The summed E-state index contributed by atoms with van der Waals surface area (Å²) in [5.74, 6) is 1.08. The van der Waals surface area contributed by atoms with E-state index < -0.39 is 0 Å². The Kier molecular flexibility index (Phi) is 9.49. The highest BCUT2D eigenvalue weighted by Gasteiger charge is 2.15. The first-order valence-corrected chi connectivity index (χ1v) is 10.2. The summed E-state index contributed by atoms with van der Waals surface area (Å²) in [5.41, 5.74) is 0.863. The number of benzene rings is 1. The number of nitrogens with zero attached hydrogens (tertiary/aromatic N) is 3. The highest BCUT2D eigenvalue weighted by atomic mass is 32.1. The first kappa shape index (κ1) is 23.6. The van der Waals surface area contributed by atoms with Crippen molar-refractivity contribution in [2.45, 2.75) is 26.3 Å². The molecule has 0 bridgehead atoms. The number of carbonyl (C=O) groups is 2. The van der Waals surface area contributed by atoms with E-state index in [1.807, 2.05) is 31.2 Å². The number of nitrogens with one attached hydrogen (secondary N) is 2. The molecule has 0 spiro atoms. The Bertz CT molecular complexity index is 878. The lowest BCUT2D eigenvalue weighted by Crippen LogP contribution is -2.39. The molecule has 0 saturated heterocycles. The first-order chi connectivity index (χ1) is 14.5. The molecule has 0 radical (unpaired) electrons. The Morgan fingerprint density at radius 2 is 2.03 bits per heavy atom. The molecule has 0 aliphatic rings. The normalized spacial score (nSPS) is 10.6. The van der Waals surface area contributed by atoms with Crippen LogP contribution in [0.3, 0.4) is 0 Å². The van der Waals surface area contributed by atoms with Crippen molar-refractivity contribution in [2.75, 3.05) is 40.5 Å². The van der Waals surface area contributed by atoms with E-state index in [0.29, 0.717) is 36.9 Å². The van der Waals surface area contributed by atoms with Gasteiger partial charge < -0.3 is 19.7 Å². The zero-order valence-electron chi connectivity index (χ0n) is 17.6. The first-order valence-electron chi connectivity index (χ1n) is 9.84. The number of aromatic nitrogens is 3. The van der Waals surface area contributed by atoms with Crippen LogP contribution in [0.5, 0.6) is 5.75 Å². The van der Waals surface area contributed by atoms with Gasteiger partial charge in [-0.25, -0.2) is 0 Å². The maximum Gasteiger partial charge on any atom is 0.239 e. The van der Waals surface area contributed by atoms with Gasteiger partial charge in [-0.15, -0.1) is 0 Å². The zero-order chi connectivity index (χ0) is 21.9. The molecule has 30 heavy (non-hydrogen) atoms. The van der Waals surface area contributed by atoms with Gasteiger partial charge in [0.15, 0.2) is 10.6 Å². The third kappa shape index (κ3) is 6.96. The summed E-state index contributed by atoms with van der Waals surface area (Å²) in [7, 11) is 3.22. The molecule has 2 aromatic rings. The molecule has 1 aromatic heterocycles.